The van der Waals surface area contributed by atoms with E-state index in [9.17, 15) is 4.79 Å². The summed E-state index contributed by atoms with van der Waals surface area (Å²) in [5.41, 5.74) is 5.85. The zero-order chi connectivity index (χ0) is 13.1. The Balaban J connectivity index is 2.02. The van der Waals surface area contributed by atoms with Gasteiger partial charge in [0.1, 0.15) is 0 Å². The lowest BCUT2D eigenvalue weighted by Crippen LogP contribution is -2.55. The molecule has 4 nitrogen and oxygen atoms in total. The third-order valence-corrected chi connectivity index (χ3v) is 4.61. The van der Waals surface area contributed by atoms with Crippen LogP contribution in [0.15, 0.2) is 0 Å². The standard InChI is InChI=1S/C14H27N3O/c1-10-5-7-17(12(8-10)9-15)14(18)13-4-3-6-16-11(13)2/h10-13,16H,3-9,15H2,1-2H3/t10?,11-,12?,13-/m1/s1. The van der Waals surface area contributed by atoms with Crippen LogP contribution in [0.5, 0.6) is 0 Å². The summed E-state index contributed by atoms with van der Waals surface area (Å²) >= 11 is 0. The first kappa shape index (κ1) is 13.8. The molecule has 4 atom stereocenters. The second kappa shape index (κ2) is 6.02. The maximum Gasteiger partial charge on any atom is 0.227 e. The average Bonchev–Trinajstić information content (AvgIpc) is 2.38. The number of nitrogens with two attached hydrogens (primary N) is 1. The van der Waals surface area contributed by atoms with Gasteiger partial charge in [0.15, 0.2) is 0 Å². The van der Waals surface area contributed by atoms with Gasteiger partial charge in [0.05, 0.1) is 5.92 Å². The molecule has 3 N–H and O–H groups in total. The van der Waals surface area contributed by atoms with Crippen molar-refractivity contribution in [3.63, 3.8) is 0 Å². The Morgan fingerprint density at radius 3 is 2.83 bits per heavy atom. The molecule has 104 valence electrons. The second-order valence-electron chi connectivity index (χ2n) is 6.04. The fraction of sp³-hybridized carbons (Fsp3) is 0.929. The molecule has 4 heteroatoms. The lowest BCUT2D eigenvalue weighted by Gasteiger charge is -2.41. The molecule has 1 amide bonds. The zero-order valence-electron chi connectivity index (χ0n) is 11.7. The predicted octanol–water partition coefficient (Wildman–Crippen LogP) is 0.960. The van der Waals surface area contributed by atoms with Crippen molar-refractivity contribution in [2.45, 2.75) is 51.6 Å². The van der Waals surface area contributed by atoms with Gasteiger partial charge in [-0.05, 0) is 45.1 Å². The van der Waals surface area contributed by atoms with E-state index < -0.39 is 0 Å². The molecule has 2 heterocycles. The first-order valence-electron chi connectivity index (χ1n) is 7.37. The van der Waals surface area contributed by atoms with Gasteiger partial charge < -0.3 is 16.0 Å². The van der Waals surface area contributed by atoms with Crippen LogP contribution >= 0.6 is 0 Å². The Morgan fingerprint density at radius 1 is 1.39 bits per heavy atom. The van der Waals surface area contributed by atoms with Gasteiger partial charge in [-0.15, -0.1) is 0 Å². The number of carbonyl (C=O) groups is 1. The summed E-state index contributed by atoms with van der Waals surface area (Å²) in [5, 5.41) is 3.41. The Kier molecular flexibility index (Phi) is 4.62. The predicted molar refractivity (Wildman–Crippen MR) is 73.1 cm³/mol. The number of rotatable bonds is 2. The molecule has 2 rings (SSSR count). The number of carbonyl (C=O) groups excluding carboxylic acids is 1. The van der Waals surface area contributed by atoms with E-state index >= 15 is 0 Å². The van der Waals surface area contributed by atoms with Crippen molar-refractivity contribution >= 4 is 5.91 Å². The normalized spacial score (nSPS) is 37.6. The van der Waals surface area contributed by atoms with E-state index in [-0.39, 0.29) is 12.0 Å². The maximum atomic E-state index is 12.7. The quantitative estimate of drug-likeness (QED) is 0.770. The molecule has 0 aromatic rings. The summed E-state index contributed by atoms with van der Waals surface area (Å²) in [6.07, 6.45) is 4.32. The summed E-state index contributed by atoms with van der Waals surface area (Å²) in [4.78, 5) is 14.7. The van der Waals surface area contributed by atoms with Crippen LogP contribution < -0.4 is 11.1 Å². The fourth-order valence-electron chi connectivity index (χ4n) is 3.36. The maximum absolute atomic E-state index is 12.7. The van der Waals surface area contributed by atoms with Gasteiger partial charge in [0.2, 0.25) is 5.91 Å². The van der Waals surface area contributed by atoms with Gasteiger partial charge in [-0.1, -0.05) is 6.92 Å². The van der Waals surface area contributed by atoms with E-state index in [2.05, 4.69) is 24.1 Å². The largest absolute Gasteiger partial charge is 0.338 e. The minimum absolute atomic E-state index is 0.154. The summed E-state index contributed by atoms with van der Waals surface area (Å²) in [6.45, 7) is 6.93. The summed E-state index contributed by atoms with van der Waals surface area (Å²) in [5.74, 6) is 1.18. The van der Waals surface area contributed by atoms with E-state index in [0.717, 1.165) is 38.8 Å². The van der Waals surface area contributed by atoms with Crippen LogP contribution in [-0.2, 0) is 4.79 Å². The van der Waals surface area contributed by atoms with Crippen LogP contribution in [0.3, 0.4) is 0 Å². The van der Waals surface area contributed by atoms with Crippen molar-refractivity contribution in [3.05, 3.63) is 0 Å². The molecule has 2 unspecified atom stereocenters. The van der Waals surface area contributed by atoms with Crippen LogP contribution in [0.4, 0.5) is 0 Å². The smallest absolute Gasteiger partial charge is 0.227 e. The number of nitrogens with one attached hydrogen (secondary N) is 1. The van der Waals surface area contributed by atoms with Crippen molar-refractivity contribution in [2.24, 2.45) is 17.6 Å². The highest BCUT2D eigenvalue weighted by molar-refractivity contribution is 5.80. The van der Waals surface area contributed by atoms with Gasteiger partial charge in [0, 0.05) is 25.2 Å². The minimum Gasteiger partial charge on any atom is -0.338 e. The number of hydrogen-bond donors (Lipinski definition) is 2. The number of piperidine rings is 2. The highest BCUT2D eigenvalue weighted by Gasteiger charge is 2.35. The van der Waals surface area contributed by atoms with Gasteiger partial charge in [-0.2, -0.15) is 0 Å². The summed E-state index contributed by atoms with van der Waals surface area (Å²) < 4.78 is 0. The summed E-state index contributed by atoms with van der Waals surface area (Å²) in [7, 11) is 0. The molecule has 0 aliphatic carbocycles. The first-order valence-corrected chi connectivity index (χ1v) is 7.37. The number of likely N-dealkylation sites (tertiary alicyclic amines) is 1. The second-order valence-corrected chi connectivity index (χ2v) is 6.04. The molecule has 18 heavy (non-hydrogen) atoms. The van der Waals surface area contributed by atoms with Crippen molar-refractivity contribution in [2.75, 3.05) is 19.6 Å². The SMILES string of the molecule is CC1CCN(C(=O)[C@@H]2CCCN[C@@H]2C)C(CN)C1. The molecule has 2 saturated heterocycles. The zero-order valence-corrected chi connectivity index (χ0v) is 11.7. The highest BCUT2D eigenvalue weighted by Crippen LogP contribution is 2.26. The first-order chi connectivity index (χ1) is 8.63. The monoisotopic (exact) mass is 253 g/mol. The van der Waals surface area contributed by atoms with Crippen LogP contribution in [0, 0.1) is 11.8 Å². The van der Waals surface area contributed by atoms with Crippen LogP contribution in [0.1, 0.15) is 39.5 Å². The third-order valence-electron chi connectivity index (χ3n) is 4.61. The molecular formula is C14H27N3O. The highest BCUT2D eigenvalue weighted by atomic mass is 16.2. The molecule has 2 aliphatic heterocycles. The lowest BCUT2D eigenvalue weighted by molar-refractivity contribution is -0.141. The van der Waals surface area contributed by atoms with Gasteiger partial charge in [-0.3, -0.25) is 4.79 Å². The molecule has 0 spiro atoms. The van der Waals surface area contributed by atoms with Crippen molar-refractivity contribution in [3.8, 4) is 0 Å². The van der Waals surface area contributed by atoms with E-state index in [4.69, 9.17) is 5.73 Å². The molecule has 0 saturated carbocycles. The number of amides is 1. The van der Waals surface area contributed by atoms with Gasteiger partial charge >= 0.3 is 0 Å². The van der Waals surface area contributed by atoms with Crippen molar-refractivity contribution in [1.29, 1.82) is 0 Å². The number of nitrogens with zero attached hydrogens (tertiary/aromatic N) is 1. The molecule has 0 aromatic carbocycles. The van der Waals surface area contributed by atoms with Gasteiger partial charge in [0.25, 0.3) is 0 Å². The Bertz CT molecular complexity index is 295. The van der Waals surface area contributed by atoms with Crippen LogP contribution in [-0.4, -0.2) is 42.5 Å². The molecule has 2 aliphatic rings. The van der Waals surface area contributed by atoms with Crippen molar-refractivity contribution in [1.82, 2.24) is 10.2 Å². The Hall–Kier alpha value is -0.610. The third kappa shape index (κ3) is 2.86. The molecular weight excluding hydrogens is 226 g/mol. The number of hydrogen-bond acceptors (Lipinski definition) is 3. The molecule has 0 radical (unpaired) electrons. The van der Waals surface area contributed by atoms with Gasteiger partial charge in [-0.25, -0.2) is 0 Å². The van der Waals surface area contributed by atoms with Crippen LogP contribution in [0.2, 0.25) is 0 Å². The van der Waals surface area contributed by atoms with E-state index in [1.165, 1.54) is 0 Å². The Labute approximate surface area is 110 Å². The lowest BCUT2D eigenvalue weighted by atomic mass is 9.87. The van der Waals surface area contributed by atoms with E-state index in [1.54, 1.807) is 0 Å². The Morgan fingerprint density at radius 2 is 2.17 bits per heavy atom. The van der Waals surface area contributed by atoms with E-state index in [1.807, 2.05) is 0 Å². The summed E-state index contributed by atoms with van der Waals surface area (Å²) in [6, 6.07) is 0.569. The topological polar surface area (TPSA) is 58.4 Å². The van der Waals surface area contributed by atoms with E-state index in [0.29, 0.717) is 24.4 Å². The van der Waals surface area contributed by atoms with Crippen LogP contribution in [0.25, 0.3) is 0 Å². The van der Waals surface area contributed by atoms with Crippen molar-refractivity contribution < 1.29 is 4.79 Å². The molecule has 2 fully saturated rings. The molecule has 0 aromatic heterocycles. The minimum atomic E-state index is 0.154. The molecule has 0 bridgehead atoms. The average molecular weight is 253 g/mol. The fourth-order valence-corrected chi connectivity index (χ4v) is 3.36.